The summed E-state index contributed by atoms with van der Waals surface area (Å²) < 4.78 is 65.4. The van der Waals surface area contributed by atoms with Gasteiger partial charge < -0.3 is 0 Å². The molecule has 0 saturated heterocycles. The monoisotopic (exact) mass is 405 g/mol. The van der Waals surface area contributed by atoms with Gasteiger partial charge in [-0.25, -0.2) is 8.42 Å². The van der Waals surface area contributed by atoms with Crippen molar-refractivity contribution in [3.8, 4) is 11.1 Å². The SMILES string of the molecule is Cc1ccc(-c2ccc(S(=O)(=O)N(CC(F)(F)F)c3ccccc3)cc2)cc1. The lowest BCUT2D eigenvalue weighted by molar-refractivity contribution is -0.117. The summed E-state index contributed by atoms with van der Waals surface area (Å²) in [7, 11) is -4.38. The molecule has 0 unspecified atom stereocenters. The molecule has 0 saturated carbocycles. The minimum Gasteiger partial charge on any atom is -0.257 e. The van der Waals surface area contributed by atoms with Crippen molar-refractivity contribution in [2.45, 2.75) is 18.0 Å². The maximum Gasteiger partial charge on any atom is 0.407 e. The third-order valence-corrected chi connectivity index (χ3v) is 5.98. The normalized spacial score (nSPS) is 12.0. The number of sulfonamides is 1. The molecule has 0 radical (unpaired) electrons. The first-order valence-electron chi connectivity index (χ1n) is 8.48. The standard InChI is InChI=1S/C21H18F3NO2S/c1-16-7-9-17(10-8-16)18-11-13-20(14-12-18)28(26,27)25(15-21(22,23)24)19-5-3-2-4-6-19/h2-14H,15H2,1H3. The van der Waals surface area contributed by atoms with Gasteiger partial charge >= 0.3 is 6.18 Å². The molecule has 0 fully saturated rings. The molecular formula is C21H18F3NO2S. The predicted octanol–water partition coefficient (Wildman–Crippen LogP) is 5.42. The fourth-order valence-electron chi connectivity index (χ4n) is 2.76. The third-order valence-electron chi connectivity index (χ3n) is 4.19. The van der Waals surface area contributed by atoms with Crippen molar-refractivity contribution in [3.63, 3.8) is 0 Å². The van der Waals surface area contributed by atoms with E-state index in [0.29, 0.717) is 4.31 Å². The molecule has 7 heteroatoms. The van der Waals surface area contributed by atoms with Gasteiger partial charge in [0.2, 0.25) is 0 Å². The summed E-state index contributed by atoms with van der Waals surface area (Å²) in [6.07, 6.45) is -4.68. The highest BCUT2D eigenvalue weighted by Crippen LogP contribution is 2.29. The second-order valence-corrected chi connectivity index (χ2v) is 8.22. The number of rotatable bonds is 5. The van der Waals surface area contributed by atoms with Gasteiger partial charge in [-0.1, -0.05) is 60.2 Å². The zero-order valence-corrected chi connectivity index (χ0v) is 15.8. The van der Waals surface area contributed by atoms with E-state index in [1.807, 2.05) is 31.2 Å². The van der Waals surface area contributed by atoms with Crippen molar-refractivity contribution >= 4 is 15.7 Å². The van der Waals surface area contributed by atoms with Crippen molar-refractivity contribution in [2.24, 2.45) is 0 Å². The second-order valence-electron chi connectivity index (χ2n) is 6.35. The number of benzene rings is 3. The van der Waals surface area contributed by atoms with Crippen LogP contribution in [0.5, 0.6) is 0 Å². The summed E-state index contributed by atoms with van der Waals surface area (Å²) in [5.74, 6) is 0. The van der Waals surface area contributed by atoms with Gasteiger partial charge in [-0.2, -0.15) is 13.2 Å². The Morgan fingerprint density at radius 2 is 1.29 bits per heavy atom. The Morgan fingerprint density at radius 1 is 0.786 bits per heavy atom. The Morgan fingerprint density at radius 3 is 1.79 bits per heavy atom. The summed E-state index contributed by atoms with van der Waals surface area (Å²) in [5, 5.41) is 0. The summed E-state index contributed by atoms with van der Waals surface area (Å²) in [6, 6.07) is 20.8. The van der Waals surface area contributed by atoms with Gasteiger partial charge in [0, 0.05) is 0 Å². The largest absolute Gasteiger partial charge is 0.407 e. The van der Waals surface area contributed by atoms with E-state index in [1.165, 1.54) is 36.4 Å². The minimum absolute atomic E-state index is 0.0394. The third kappa shape index (κ3) is 4.54. The molecule has 3 aromatic carbocycles. The molecule has 3 aromatic rings. The van der Waals surface area contributed by atoms with Crippen LogP contribution in [-0.2, 0) is 10.0 Å². The van der Waals surface area contributed by atoms with Crippen molar-refractivity contribution < 1.29 is 21.6 Å². The first-order chi connectivity index (χ1) is 13.2. The van der Waals surface area contributed by atoms with Crippen LogP contribution >= 0.6 is 0 Å². The first-order valence-corrected chi connectivity index (χ1v) is 9.92. The molecule has 3 rings (SSSR count). The van der Waals surface area contributed by atoms with Crippen LogP contribution in [0.2, 0.25) is 0 Å². The average molecular weight is 405 g/mol. The molecular weight excluding hydrogens is 387 g/mol. The molecule has 0 aliphatic carbocycles. The summed E-state index contributed by atoms with van der Waals surface area (Å²) in [5.41, 5.74) is 2.72. The predicted molar refractivity (Wildman–Crippen MR) is 104 cm³/mol. The lowest BCUT2D eigenvalue weighted by atomic mass is 10.0. The van der Waals surface area contributed by atoms with Crippen LogP contribution in [0.4, 0.5) is 18.9 Å². The number of hydrogen-bond acceptors (Lipinski definition) is 2. The Labute approximate surface area is 162 Å². The van der Waals surface area contributed by atoms with Crippen molar-refractivity contribution in [1.82, 2.24) is 0 Å². The van der Waals surface area contributed by atoms with Gasteiger partial charge in [-0.15, -0.1) is 0 Å². The smallest absolute Gasteiger partial charge is 0.257 e. The van der Waals surface area contributed by atoms with Crippen LogP contribution in [0.15, 0.2) is 83.8 Å². The van der Waals surface area contributed by atoms with E-state index in [9.17, 15) is 21.6 Å². The van der Waals surface area contributed by atoms with Crippen molar-refractivity contribution in [1.29, 1.82) is 0 Å². The highest BCUT2D eigenvalue weighted by molar-refractivity contribution is 7.92. The quantitative estimate of drug-likeness (QED) is 0.568. The number of nitrogens with zero attached hydrogens (tertiary/aromatic N) is 1. The van der Waals surface area contributed by atoms with Gasteiger partial charge in [0.05, 0.1) is 10.6 Å². The van der Waals surface area contributed by atoms with Crippen LogP contribution in [0, 0.1) is 6.92 Å². The number of hydrogen-bond donors (Lipinski definition) is 0. The number of alkyl halides is 3. The minimum atomic E-state index is -4.68. The fraction of sp³-hybridized carbons (Fsp3) is 0.143. The van der Waals surface area contributed by atoms with Gasteiger partial charge in [0.25, 0.3) is 10.0 Å². The van der Waals surface area contributed by atoms with Crippen LogP contribution in [0.25, 0.3) is 11.1 Å². The van der Waals surface area contributed by atoms with Crippen molar-refractivity contribution in [2.75, 3.05) is 10.8 Å². The number of para-hydroxylation sites is 1. The Bertz CT molecular complexity index is 1030. The van der Waals surface area contributed by atoms with E-state index < -0.39 is 22.7 Å². The molecule has 28 heavy (non-hydrogen) atoms. The van der Waals surface area contributed by atoms with Crippen LogP contribution < -0.4 is 4.31 Å². The fourth-order valence-corrected chi connectivity index (χ4v) is 4.21. The molecule has 3 nitrogen and oxygen atoms in total. The zero-order valence-electron chi connectivity index (χ0n) is 15.0. The Hall–Kier alpha value is -2.80. The van der Waals surface area contributed by atoms with Gasteiger partial charge in [-0.3, -0.25) is 4.31 Å². The Kier molecular flexibility index (Phi) is 5.47. The number of aryl methyl sites for hydroxylation is 1. The molecule has 0 aliphatic heterocycles. The average Bonchev–Trinajstić information content (AvgIpc) is 2.67. The molecule has 0 aromatic heterocycles. The summed E-state index contributed by atoms with van der Waals surface area (Å²) >= 11 is 0. The van der Waals surface area contributed by atoms with E-state index in [2.05, 4.69) is 0 Å². The van der Waals surface area contributed by atoms with E-state index >= 15 is 0 Å². The van der Waals surface area contributed by atoms with Gasteiger partial charge in [-0.05, 0) is 42.3 Å². The van der Waals surface area contributed by atoms with E-state index in [0.717, 1.165) is 16.7 Å². The molecule has 0 N–H and O–H groups in total. The maximum absolute atomic E-state index is 13.0. The van der Waals surface area contributed by atoms with E-state index in [-0.39, 0.29) is 10.6 Å². The first kappa shape index (κ1) is 19.9. The van der Waals surface area contributed by atoms with Crippen LogP contribution in [-0.4, -0.2) is 21.1 Å². The number of anilines is 1. The number of halogens is 3. The maximum atomic E-state index is 13.0. The summed E-state index contributed by atoms with van der Waals surface area (Å²) in [4.78, 5) is -0.198. The molecule has 0 aliphatic rings. The molecule has 0 amide bonds. The lowest BCUT2D eigenvalue weighted by Crippen LogP contribution is -2.39. The van der Waals surface area contributed by atoms with E-state index in [1.54, 1.807) is 18.2 Å². The van der Waals surface area contributed by atoms with Crippen molar-refractivity contribution in [3.05, 3.63) is 84.4 Å². The molecule has 0 bridgehead atoms. The molecule has 146 valence electrons. The molecule has 0 spiro atoms. The highest BCUT2D eigenvalue weighted by Gasteiger charge is 2.37. The Balaban J connectivity index is 1.98. The zero-order chi connectivity index (χ0) is 20.4. The van der Waals surface area contributed by atoms with Crippen LogP contribution in [0.1, 0.15) is 5.56 Å². The van der Waals surface area contributed by atoms with E-state index in [4.69, 9.17) is 0 Å². The molecule has 0 atom stereocenters. The van der Waals surface area contributed by atoms with Gasteiger partial charge in [0.1, 0.15) is 6.54 Å². The molecule has 0 heterocycles. The highest BCUT2D eigenvalue weighted by atomic mass is 32.2. The second kappa shape index (κ2) is 7.67. The van der Waals surface area contributed by atoms with Crippen LogP contribution in [0.3, 0.4) is 0 Å². The summed E-state index contributed by atoms with van der Waals surface area (Å²) in [6.45, 7) is 0.358. The van der Waals surface area contributed by atoms with Gasteiger partial charge in [0.15, 0.2) is 0 Å². The topological polar surface area (TPSA) is 37.4 Å². The lowest BCUT2D eigenvalue weighted by Gasteiger charge is -2.25.